The molecular formula is C56H96O4Si2. The second kappa shape index (κ2) is 17.0. The van der Waals surface area contributed by atoms with E-state index < -0.39 is 16.6 Å². The van der Waals surface area contributed by atoms with Gasteiger partial charge in [0.15, 0.2) is 16.6 Å². The number of carbonyl (C=O) groups excluding carboxylic acids is 2. The Morgan fingerprint density at radius 3 is 1.26 bits per heavy atom. The number of aldehydes is 2. The highest BCUT2D eigenvalue weighted by Gasteiger charge is 2.65. The Morgan fingerprint density at radius 2 is 0.935 bits per heavy atom. The van der Waals surface area contributed by atoms with Gasteiger partial charge < -0.3 is 18.4 Å². The van der Waals surface area contributed by atoms with E-state index in [2.05, 4.69) is 121 Å². The monoisotopic (exact) mass is 889 g/mol. The van der Waals surface area contributed by atoms with E-state index in [0.717, 1.165) is 11.8 Å². The molecule has 8 saturated carbocycles. The number of carbonyl (C=O) groups is 2. The molecule has 352 valence electrons. The van der Waals surface area contributed by atoms with Crippen LogP contribution in [0.25, 0.3) is 0 Å². The van der Waals surface area contributed by atoms with E-state index in [9.17, 15) is 9.59 Å². The lowest BCUT2D eigenvalue weighted by Crippen LogP contribution is -2.43. The molecule has 0 amide bonds. The molecule has 0 saturated heterocycles. The van der Waals surface area contributed by atoms with Crippen molar-refractivity contribution in [3.63, 3.8) is 0 Å². The summed E-state index contributed by atoms with van der Waals surface area (Å²) in [6.07, 6.45) is 29.7. The molecule has 0 heterocycles. The van der Waals surface area contributed by atoms with Gasteiger partial charge in [-0.3, -0.25) is 0 Å². The standard InChI is InChI=1S/2C28H48O2Si/c2*1-19(18-29)24-11-12-25-21(10-9-13-27(24,25)6)14-20(2)28-16-22(28)15-23(17-28)30-31(7,8)26(3,4)5/h2*14,18-20,22-25H,9-13,15-17H2,1-8H3/b2*21-14+/t19?,20-,22?,23+,24-,25+,27-,28-;19-,20-,22?,23+,24-,25+,27-,28-/m11/s1. The summed E-state index contributed by atoms with van der Waals surface area (Å²) in [7, 11) is -3.37. The maximum Gasteiger partial charge on any atom is 0.192 e. The van der Waals surface area contributed by atoms with Crippen LogP contribution in [-0.4, -0.2) is 41.4 Å². The molecule has 0 spiro atoms. The number of rotatable bonds is 12. The normalized spacial score (nSPS) is 43.4. The third kappa shape index (κ3) is 8.76. The summed E-state index contributed by atoms with van der Waals surface area (Å²) < 4.78 is 13.7. The van der Waals surface area contributed by atoms with Crippen LogP contribution in [0.4, 0.5) is 0 Å². The minimum atomic E-state index is -1.68. The molecule has 0 aromatic carbocycles. The molecule has 0 aromatic heterocycles. The molecule has 8 aliphatic rings. The smallest absolute Gasteiger partial charge is 0.192 e. The molecule has 0 bridgehead atoms. The maximum absolute atomic E-state index is 11.6. The van der Waals surface area contributed by atoms with Crippen molar-refractivity contribution in [2.75, 3.05) is 0 Å². The van der Waals surface area contributed by atoms with Gasteiger partial charge in [0.2, 0.25) is 0 Å². The first kappa shape index (κ1) is 49.1. The van der Waals surface area contributed by atoms with E-state index in [4.69, 9.17) is 8.85 Å². The zero-order valence-corrected chi connectivity index (χ0v) is 45.2. The summed E-state index contributed by atoms with van der Waals surface area (Å²) in [6.45, 7) is 38.1. The Morgan fingerprint density at radius 1 is 0.581 bits per heavy atom. The van der Waals surface area contributed by atoms with Gasteiger partial charge in [0.1, 0.15) is 12.6 Å². The third-order valence-electron chi connectivity index (χ3n) is 21.9. The Kier molecular flexibility index (Phi) is 13.5. The number of hydrogen-bond donors (Lipinski definition) is 0. The lowest BCUT2D eigenvalue weighted by molar-refractivity contribution is -0.114. The highest BCUT2D eigenvalue weighted by Crippen LogP contribution is 2.71. The van der Waals surface area contributed by atoms with Gasteiger partial charge in [0.05, 0.1) is 0 Å². The molecule has 16 atom stereocenters. The Hall–Kier alpha value is -0.826. The van der Waals surface area contributed by atoms with E-state index in [1.54, 1.807) is 11.1 Å². The van der Waals surface area contributed by atoms with Gasteiger partial charge in [-0.2, -0.15) is 0 Å². The van der Waals surface area contributed by atoms with Crippen molar-refractivity contribution in [2.24, 2.45) is 80.8 Å². The van der Waals surface area contributed by atoms with Crippen LogP contribution in [0.5, 0.6) is 0 Å². The molecule has 4 nitrogen and oxygen atoms in total. The summed E-state index contributed by atoms with van der Waals surface area (Å²) in [5.74, 6) is 6.12. The number of hydrogen-bond acceptors (Lipinski definition) is 4. The molecule has 8 fully saturated rings. The average Bonchev–Trinajstić information content (AvgIpc) is 3.75. The molecule has 0 aliphatic heterocycles. The second-order valence-electron chi connectivity index (χ2n) is 27.4. The van der Waals surface area contributed by atoms with Gasteiger partial charge >= 0.3 is 0 Å². The van der Waals surface area contributed by atoms with Crippen molar-refractivity contribution in [2.45, 2.75) is 234 Å². The molecule has 3 unspecified atom stereocenters. The zero-order valence-electron chi connectivity index (χ0n) is 43.2. The molecule has 0 N–H and O–H groups in total. The fraction of sp³-hybridized carbons (Fsp3) is 0.893. The first-order chi connectivity index (χ1) is 28.7. The minimum absolute atomic E-state index is 0.209. The fourth-order valence-electron chi connectivity index (χ4n) is 15.9. The van der Waals surface area contributed by atoms with Crippen molar-refractivity contribution >= 4 is 29.2 Å². The van der Waals surface area contributed by atoms with Crippen LogP contribution < -0.4 is 0 Å². The third-order valence-corrected chi connectivity index (χ3v) is 31.0. The van der Waals surface area contributed by atoms with E-state index in [1.807, 2.05) is 0 Å². The van der Waals surface area contributed by atoms with Gasteiger partial charge in [0.25, 0.3) is 0 Å². The molecule has 8 rings (SSSR count). The van der Waals surface area contributed by atoms with Crippen LogP contribution in [0.3, 0.4) is 0 Å². The van der Waals surface area contributed by atoms with E-state index in [1.165, 1.54) is 115 Å². The van der Waals surface area contributed by atoms with E-state index in [0.29, 0.717) is 79.5 Å². The Labute approximate surface area is 384 Å². The first-order valence-corrected chi connectivity index (χ1v) is 32.2. The highest BCUT2D eigenvalue weighted by molar-refractivity contribution is 6.74. The van der Waals surface area contributed by atoms with Gasteiger partial charge in [-0.05, 0) is 208 Å². The molecule has 6 heteroatoms. The quantitative estimate of drug-likeness (QED) is 0.111. The lowest BCUT2D eigenvalue weighted by atomic mass is 9.61. The largest absolute Gasteiger partial charge is 0.414 e. The summed E-state index contributed by atoms with van der Waals surface area (Å²) in [6, 6.07) is 0. The molecule has 8 aliphatic carbocycles. The van der Waals surface area contributed by atoms with Crippen molar-refractivity contribution in [3.05, 3.63) is 23.3 Å². The molecule has 0 aromatic rings. The van der Waals surface area contributed by atoms with E-state index >= 15 is 0 Å². The van der Waals surface area contributed by atoms with Gasteiger partial charge in [0, 0.05) is 24.0 Å². The second-order valence-corrected chi connectivity index (χ2v) is 36.9. The SMILES string of the molecule is CC(C=O)[C@H]1CC[C@H]2/C(=C/[C@@H](C)[C@]34CC3C[C@H](O[Si](C)(C)C(C)(C)C)C4)CCC[C@]12C.C[C@H](C=O)[C@H]1CC[C@H]2/C(=C/[C@@H](C)[C@]34CC3C[C@H](O[Si](C)(C)C(C)(C)C)C4)CCC[C@]12C. The van der Waals surface area contributed by atoms with Gasteiger partial charge in [-0.25, -0.2) is 0 Å². The van der Waals surface area contributed by atoms with Crippen LogP contribution in [-0.2, 0) is 18.4 Å². The van der Waals surface area contributed by atoms with E-state index in [-0.39, 0.29) is 11.8 Å². The van der Waals surface area contributed by atoms with Crippen molar-refractivity contribution in [1.29, 1.82) is 0 Å². The summed E-state index contributed by atoms with van der Waals surface area (Å²) in [5.41, 5.74) is 5.21. The van der Waals surface area contributed by atoms with Crippen LogP contribution >= 0.6 is 0 Å². The van der Waals surface area contributed by atoms with Crippen molar-refractivity contribution < 1.29 is 18.4 Å². The lowest BCUT2D eigenvalue weighted by Gasteiger charge is -2.44. The van der Waals surface area contributed by atoms with Crippen LogP contribution in [0.1, 0.15) is 186 Å². The number of allylic oxidation sites excluding steroid dienone is 4. The molecule has 62 heavy (non-hydrogen) atoms. The fourth-order valence-corrected chi connectivity index (χ4v) is 18.6. The van der Waals surface area contributed by atoms with Crippen LogP contribution in [0.2, 0.25) is 36.3 Å². The van der Waals surface area contributed by atoms with Crippen LogP contribution in [0.15, 0.2) is 23.3 Å². The van der Waals surface area contributed by atoms with Gasteiger partial charge in [-0.15, -0.1) is 0 Å². The van der Waals surface area contributed by atoms with Crippen molar-refractivity contribution in [1.82, 2.24) is 0 Å². The highest BCUT2D eigenvalue weighted by atomic mass is 28.4. The first-order valence-electron chi connectivity index (χ1n) is 26.4. The van der Waals surface area contributed by atoms with Crippen molar-refractivity contribution in [3.8, 4) is 0 Å². The van der Waals surface area contributed by atoms with Gasteiger partial charge in [-0.1, -0.05) is 106 Å². The minimum Gasteiger partial charge on any atom is -0.414 e. The predicted octanol–water partition coefficient (Wildman–Crippen LogP) is 15.6. The topological polar surface area (TPSA) is 52.6 Å². The summed E-state index contributed by atoms with van der Waals surface area (Å²) in [4.78, 5) is 23.1. The summed E-state index contributed by atoms with van der Waals surface area (Å²) in [5, 5.41) is 0.593. The predicted molar refractivity (Wildman–Crippen MR) is 265 cm³/mol. The zero-order chi connectivity index (χ0) is 45.6. The number of fused-ring (bicyclic) bond motifs is 4. The molecule has 0 radical (unpaired) electrons. The maximum atomic E-state index is 11.6. The summed E-state index contributed by atoms with van der Waals surface area (Å²) >= 11 is 0. The average molecular weight is 890 g/mol. The Balaban J connectivity index is 0.000000186. The Bertz CT molecular complexity index is 1590. The van der Waals surface area contributed by atoms with Crippen LogP contribution in [0, 0.1) is 80.8 Å². The molecular weight excluding hydrogens is 793 g/mol.